The molecule has 2 atom stereocenters. The van der Waals surface area contributed by atoms with Crippen LogP contribution < -0.4 is 15.8 Å². The van der Waals surface area contributed by atoms with E-state index in [0.29, 0.717) is 44.8 Å². The van der Waals surface area contributed by atoms with E-state index in [1.54, 1.807) is 6.07 Å². The van der Waals surface area contributed by atoms with Crippen molar-refractivity contribution in [1.82, 2.24) is 15.1 Å². The zero-order valence-electron chi connectivity index (χ0n) is 28.6. The van der Waals surface area contributed by atoms with Gasteiger partial charge >= 0.3 is 0 Å². The molecule has 2 fully saturated rings. The maximum absolute atomic E-state index is 14.7. The van der Waals surface area contributed by atoms with Crippen LogP contribution >= 0.6 is 15.9 Å². The lowest BCUT2D eigenvalue weighted by Crippen LogP contribution is -2.62. The number of nitrogens with two attached hydrogens (primary N) is 1. The molecular weight excluding hydrogens is 699 g/mol. The van der Waals surface area contributed by atoms with Gasteiger partial charge in [0.2, 0.25) is 11.8 Å². The molecule has 10 heteroatoms. The monoisotopic (exact) mass is 744 g/mol. The van der Waals surface area contributed by atoms with Crippen LogP contribution in [0, 0.1) is 12.7 Å². The van der Waals surface area contributed by atoms with E-state index >= 15 is 0 Å². The molecule has 8 nitrogen and oxygen atoms in total. The molecule has 3 aromatic carbocycles. The molecule has 2 unspecified atom stereocenters. The zero-order chi connectivity index (χ0) is 35.2. The highest BCUT2D eigenvalue weighted by Crippen LogP contribution is 2.37. The van der Waals surface area contributed by atoms with Gasteiger partial charge in [-0.05, 0) is 102 Å². The zero-order valence-corrected chi connectivity index (χ0v) is 30.2. The Morgan fingerprint density at radius 3 is 2.40 bits per heavy atom. The average Bonchev–Trinajstić information content (AvgIpc) is 3.94. The van der Waals surface area contributed by atoms with Crippen molar-refractivity contribution in [1.29, 1.82) is 0 Å². The van der Waals surface area contributed by atoms with E-state index in [2.05, 4.69) is 81.6 Å². The standard InChI is InChI=1S/C40H46BrFN4O4/c1-26-7-9-28(10-8-26)19-20-46(32-16-17-32)40(49)39-33(23-31-24-45(25-35(39)44-31)38(48)6-2-5-37(43)47)29-13-11-27(12-14-29)4-3-21-50-36-22-30(42)15-18-34(36)41/h7-15,18,22,31-32,35,44H,2-6,16-17,19-21,23-25H2,1H3,(H2,43,47). The van der Waals surface area contributed by atoms with Gasteiger partial charge in [-0.1, -0.05) is 54.1 Å². The van der Waals surface area contributed by atoms with E-state index in [9.17, 15) is 18.8 Å². The Morgan fingerprint density at radius 1 is 0.960 bits per heavy atom. The lowest BCUT2D eigenvalue weighted by atomic mass is 9.82. The second-order valence-corrected chi connectivity index (χ2v) is 14.7. The van der Waals surface area contributed by atoms with Gasteiger partial charge in [-0.15, -0.1) is 0 Å². The van der Waals surface area contributed by atoms with Gasteiger partial charge in [-0.3, -0.25) is 14.4 Å². The number of piperazine rings is 1. The minimum absolute atomic E-state index is 0.00508. The number of carbonyl (C=O) groups is 3. The first-order valence-electron chi connectivity index (χ1n) is 17.7. The van der Waals surface area contributed by atoms with Crippen LogP contribution in [0.4, 0.5) is 4.39 Å². The lowest BCUT2D eigenvalue weighted by Gasteiger charge is -2.45. The van der Waals surface area contributed by atoms with Crippen molar-refractivity contribution in [2.75, 3.05) is 26.2 Å². The number of benzene rings is 3. The van der Waals surface area contributed by atoms with Gasteiger partial charge < -0.3 is 25.6 Å². The van der Waals surface area contributed by atoms with E-state index in [4.69, 9.17) is 10.5 Å². The predicted molar refractivity (Wildman–Crippen MR) is 196 cm³/mol. The summed E-state index contributed by atoms with van der Waals surface area (Å²) >= 11 is 3.41. The van der Waals surface area contributed by atoms with Crippen molar-refractivity contribution in [3.05, 3.63) is 105 Å². The smallest absolute Gasteiger partial charge is 0.252 e. The van der Waals surface area contributed by atoms with Crippen LogP contribution in [-0.4, -0.2) is 71.9 Å². The number of primary amides is 1. The first-order chi connectivity index (χ1) is 24.1. The Bertz CT molecular complexity index is 1720. The molecular formula is C40H46BrFN4O4. The topological polar surface area (TPSA) is 105 Å². The third-order valence-corrected chi connectivity index (χ3v) is 10.5. The fraction of sp³-hybridized carbons (Fsp3) is 0.425. The Hall–Kier alpha value is -4.02. The summed E-state index contributed by atoms with van der Waals surface area (Å²) in [6.45, 7) is 4.14. The number of ether oxygens (including phenoxy) is 1. The number of aryl methyl sites for hydroxylation is 2. The molecule has 2 bridgehead atoms. The van der Waals surface area contributed by atoms with E-state index in [1.165, 1.54) is 23.3 Å². The molecule has 1 saturated carbocycles. The van der Waals surface area contributed by atoms with Crippen molar-refractivity contribution >= 4 is 39.2 Å². The summed E-state index contributed by atoms with van der Waals surface area (Å²) in [4.78, 5) is 43.1. The van der Waals surface area contributed by atoms with Crippen LogP contribution in [0.3, 0.4) is 0 Å². The summed E-state index contributed by atoms with van der Waals surface area (Å²) in [5.41, 5.74) is 11.7. The van der Waals surface area contributed by atoms with Crippen molar-refractivity contribution in [2.24, 2.45) is 5.73 Å². The average molecular weight is 746 g/mol. The molecule has 6 rings (SSSR count). The molecule has 2 aliphatic heterocycles. The first kappa shape index (κ1) is 35.8. The summed E-state index contributed by atoms with van der Waals surface area (Å²) in [5.74, 6) is -0.199. The fourth-order valence-corrected chi connectivity index (χ4v) is 7.42. The molecule has 1 aliphatic carbocycles. The minimum atomic E-state index is -0.405. The molecule has 3 aromatic rings. The predicted octanol–water partition coefficient (Wildman–Crippen LogP) is 6.12. The van der Waals surface area contributed by atoms with Crippen LogP contribution in [-0.2, 0) is 27.2 Å². The third kappa shape index (κ3) is 9.20. The number of hydrogen-bond donors (Lipinski definition) is 2. The van der Waals surface area contributed by atoms with Crippen LogP contribution in [0.15, 0.2) is 76.8 Å². The highest BCUT2D eigenvalue weighted by molar-refractivity contribution is 9.10. The number of nitrogens with zero attached hydrogens (tertiary/aromatic N) is 2. The molecule has 0 spiro atoms. The SMILES string of the molecule is Cc1ccc(CCN(C(=O)C2=C(c3ccc(CCCOc4cc(F)ccc4Br)cc3)CC3CN(C(=O)CCCC(N)=O)CC2N3)C2CC2)cc1. The van der Waals surface area contributed by atoms with Gasteiger partial charge in [0, 0.05) is 56.2 Å². The van der Waals surface area contributed by atoms with E-state index in [1.807, 2.05) is 4.90 Å². The summed E-state index contributed by atoms with van der Waals surface area (Å²) in [6, 6.07) is 21.3. The largest absolute Gasteiger partial charge is 0.492 e. The molecule has 2 heterocycles. The van der Waals surface area contributed by atoms with Gasteiger partial charge in [0.05, 0.1) is 17.1 Å². The van der Waals surface area contributed by atoms with Gasteiger partial charge in [0.1, 0.15) is 11.6 Å². The maximum atomic E-state index is 14.7. The number of rotatable bonds is 15. The van der Waals surface area contributed by atoms with Crippen LogP contribution in [0.25, 0.3) is 5.57 Å². The molecule has 0 radical (unpaired) electrons. The quantitative estimate of drug-likeness (QED) is 0.183. The molecule has 50 heavy (non-hydrogen) atoms. The van der Waals surface area contributed by atoms with Crippen LogP contribution in [0.2, 0.25) is 0 Å². The minimum Gasteiger partial charge on any atom is -0.492 e. The number of nitrogens with one attached hydrogen (secondary N) is 1. The summed E-state index contributed by atoms with van der Waals surface area (Å²) in [6.07, 6.45) is 5.86. The van der Waals surface area contributed by atoms with Crippen LogP contribution in [0.5, 0.6) is 5.75 Å². The van der Waals surface area contributed by atoms with E-state index in [-0.39, 0.29) is 48.6 Å². The van der Waals surface area contributed by atoms with Gasteiger partial charge in [-0.25, -0.2) is 4.39 Å². The molecule has 1 saturated heterocycles. The van der Waals surface area contributed by atoms with Crippen molar-refractivity contribution in [2.45, 2.75) is 82.8 Å². The van der Waals surface area contributed by atoms with E-state index < -0.39 is 5.91 Å². The number of carbonyl (C=O) groups excluding carboxylic acids is 3. The number of amides is 3. The summed E-state index contributed by atoms with van der Waals surface area (Å²) in [5, 5.41) is 3.69. The summed E-state index contributed by atoms with van der Waals surface area (Å²) in [7, 11) is 0. The van der Waals surface area contributed by atoms with Gasteiger partial charge in [-0.2, -0.15) is 0 Å². The Balaban J connectivity index is 1.20. The van der Waals surface area contributed by atoms with Crippen LogP contribution in [0.1, 0.15) is 67.2 Å². The number of fused-ring (bicyclic) bond motifs is 2. The Kier molecular flexibility index (Phi) is 11.7. The second-order valence-electron chi connectivity index (χ2n) is 13.8. The van der Waals surface area contributed by atoms with Crippen molar-refractivity contribution in [3.63, 3.8) is 0 Å². The van der Waals surface area contributed by atoms with Crippen molar-refractivity contribution in [3.8, 4) is 5.75 Å². The Morgan fingerprint density at radius 2 is 1.68 bits per heavy atom. The number of hydrogen-bond acceptors (Lipinski definition) is 5. The Labute approximate surface area is 302 Å². The lowest BCUT2D eigenvalue weighted by molar-refractivity contribution is -0.134. The molecule has 3 amide bonds. The number of halogens is 2. The third-order valence-electron chi connectivity index (χ3n) is 9.88. The summed E-state index contributed by atoms with van der Waals surface area (Å²) < 4.78 is 20.2. The fourth-order valence-electron chi connectivity index (χ4n) is 7.06. The highest BCUT2D eigenvalue weighted by atomic mass is 79.9. The first-order valence-corrected chi connectivity index (χ1v) is 18.5. The normalized spacial score (nSPS) is 18.6. The van der Waals surface area contributed by atoms with E-state index in [0.717, 1.165) is 58.8 Å². The highest BCUT2D eigenvalue weighted by Gasteiger charge is 2.43. The second kappa shape index (κ2) is 16.3. The molecule has 3 aliphatic rings. The maximum Gasteiger partial charge on any atom is 0.252 e. The van der Waals surface area contributed by atoms with Crippen molar-refractivity contribution < 1.29 is 23.5 Å². The molecule has 0 aromatic heterocycles. The molecule has 3 N–H and O–H groups in total. The van der Waals surface area contributed by atoms with Gasteiger partial charge in [0.25, 0.3) is 5.91 Å². The van der Waals surface area contributed by atoms with Gasteiger partial charge in [0.15, 0.2) is 0 Å². The molecule has 264 valence electrons.